The van der Waals surface area contributed by atoms with Gasteiger partial charge in [-0.2, -0.15) is 0 Å². The smallest absolute Gasteiger partial charge is 0.259 e. The normalized spacial score (nSPS) is 11.0. The molecule has 0 radical (unpaired) electrons. The Morgan fingerprint density at radius 1 is 1.23 bits per heavy atom. The molecule has 7 heteroatoms. The third kappa shape index (κ3) is 2.95. The Balaban J connectivity index is 1.57. The number of aromatic nitrogens is 3. The summed E-state index contributed by atoms with van der Waals surface area (Å²) in [4.78, 5) is 21.7. The van der Waals surface area contributed by atoms with Gasteiger partial charge in [0.25, 0.3) is 5.91 Å². The lowest BCUT2D eigenvalue weighted by molar-refractivity contribution is 0.0782. The molecular weight excluding hydrogens is 335 g/mol. The highest BCUT2D eigenvalue weighted by Gasteiger charge is 2.21. The minimum Gasteiger partial charge on any atom is -0.355 e. The molecule has 0 aliphatic heterocycles. The van der Waals surface area contributed by atoms with E-state index < -0.39 is 0 Å². The zero-order valence-corrected chi connectivity index (χ0v) is 13.9. The second-order valence-corrected chi connectivity index (χ2v) is 5.94. The van der Waals surface area contributed by atoms with Gasteiger partial charge in [-0.05, 0) is 18.2 Å². The molecule has 2 aromatic carbocycles. The molecule has 26 heavy (non-hydrogen) atoms. The van der Waals surface area contributed by atoms with Crippen molar-refractivity contribution in [2.75, 3.05) is 7.05 Å². The summed E-state index contributed by atoms with van der Waals surface area (Å²) in [5.41, 5.74) is 2.40. The Labute approximate surface area is 148 Å². The van der Waals surface area contributed by atoms with Gasteiger partial charge in [0.1, 0.15) is 17.2 Å². The Bertz CT molecular complexity index is 1070. The van der Waals surface area contributed by atoms with Crippen molar-refractivity contribution >= 4 is 16.9 Å². The van der Waals surface area contributed by atoms with E-state index in [0.717, 1.165) is 5.56 Å². The average Bonchev–Trinajstić information content (AvgIpc) is 3.27. The number of H-pyrrole nitrogens is 1. The molecule has 0 fully saturated rings. The van der Waals surface area contributed by atoms with Crippen molar-refractivity contribution in [2.24, 2.45) is 0 Å². The lowest BCUT2D eigenvalue weighted by Gasteiger charge is -2.15. The molecule has 0 unspecified atom stereocenters. The predicted octanol–water partition coefficient (Wildman–Crippen LogP) is 3.63. The molecule has 0 atom stereocenters. The molecule has 0 aliphatic rings. The van der Waals surface area contributed by atoms with Crippen LogP contribution >= 0.6 is 0 Å². The maximum Gasteiger partial charge on any atom is 0.259 e. The highest BCUT2D eigenvalue weighted by molar-refractivity contribution is 5.99. The van der Waals surface area contributed by atoms with E-state index in [-0.39, 0.29) is 18.3 Å². The van der Waals surface area contributed by atoms with Crippen LogP contribution in [0.5, 0.6) is 0 Å². The Morgan fingerprint density at radius 3 is 2.85 bits per heavy atom. The van der Waals surface area contributed by atoms with Gasteiger partial charge in [0.05, 0.1) is 23.8 Å². The van der Waals surface area contributed by atoms with Crippen LogP contribution in [0.2, 0.25) is 0 Å². The molecule has 1 N–H and O–H groups in total. The zero-order valence-electron chi connectivity index (χ0n) is 13.9. The van der Waals surface area contributed by atoms with Crippen LogP contribution in [0.1, 0.15) is 16.2 Å². The van der Waals surface area contributed by atoms with Crippen molar-refractivity contribution in [2.45, 2.75) is 6.54 Å². The molecular formula is C19H15FN4O2. The fourth-order valence-corrected chi connectivity index (χ4v) is 2.80. The molecule has 4 rings (SSSR count). The number of nitrogens with zero attached hydrogens (tertiary/aromatic N) is 3. The summed E-state index contributed by atoms with van der Waals surface area (Å²) in [5.74, 6) is 0.416. The maximum atomic E-state index is 13.3. The van der Waals surface area contributed by atoms with Crippen LogP contribution in [0, 0.1) is 5.82 Å². The van der Waals surface area contributed by atoms with Gasteiger partial charge in [0, 0.05) is 12.6 Å². The van der Waals surface area contributed by atoms with E-state index in [1.54, 1.807) is 13.1 Å². The van der Waals surface area contributed by atoms with E-state index in [4.69, 9.17) is 4.52 Å². The third-order valence-corrected chi connectivity index (χ3v) is 4.06. The number of hydrogen-bond acceptors (Lipinski definition) is 4. The van der Waals surface area contributed by atoms with E-state index in [1.807, 2.05) is 30.3 Å². The molecule has 0 saturated carbocycles. The van der Waals surface area contributed by atoms with Gasteiger partial charge < -0.3 is 14.4 Å². The summed E-state index contributed by atoms with van der Waals surface area (Å²) in [5, 5.41) is 3.77. The van der Waals surface area contributed by atoms with E-state index in [9.17, 15) is 9.18 Å². The van der Waals surface area contributed by atoms with Crippen LogP contribution in [0.4, 0.5) is 4.39 Å². The second kappa shape index (κ2) is 6.44. The molecule has 130 valence electrons. The summed E-state index contributed by atoms with van der Waals surface area (Å²) in [6.07, 6.45) is 1.41. The minimum absolute atomic E-state index is 0.239. The van der Waals surface area contributed by atoms with Crippen LogP contribution in [0.15, 0.2) is 59.3 Å². The molecule has 1 amide bonds. The number of carbonyl (C=O) groups is 1. The molecule has 0 bridgehead atoms. The van der Waals surface area contributed by atoms with Gasteiger partial charge in [-0.25, -0.2) is 9.37 Å². The topological polar surface area (TPSA) is 75.0 Å². The van der Waals surface area contributed by atoms with Gasteiger partial charge in [0.15, 0.2) is 5.76 Å². The fourth-order valence-electron chi connectivity index (χ4n) is 2.80. The molecule has 6 nitrogen and oxygen atoms in total. The van der Waals surface area contributed by atoms with Gasteiger partial charge in [-0.1, -0.05) is 35.5 Å². The highest BCUT2D eigenvalue weighted by Crippen LogP contribution is 2.24. The van der Waals surface area contributed by atoms with Crippen LogP contribution in [0.25, 0.3) is 22.4 Å². The SMILES string of the molecule is CN(Cc1nc2ccc(F)cc2[nH]1)C(=O)c1cnoc1-c1ccccc1. The fraction of sp³-hybridized carbons (Fsp3) is 0.105. The minimum atomic E-state index is -0.339. The van der Waals surface area contributed by atoms with E-state index in [0.29, 0.717) is 28.2 Å². The molecule has 0 saturated heterocycles. The second-order valence-electron chi connectivity index (χ2n) is 5.94. The van der Waals surface area contributed by atoms with Crippen molar-refractivity contribution in [3.8, 4) is 11.3 Å². The summed E-state index contributed by atoms with van der Waals surface area (Å²) >= 11 is 0. The summed E-state index contributed by atoms with van der Waals surface area (Å²) in [7, 11) is 1.66. The van der Waals surface area contributed by atoms with Crippen molar-refractivity contribution < 1.29 is 13.7 Å². The number of aromatic amines is 1. The Morgan fingerprint density at radius 2 is 2.04 bits per heavy atom. The van der Waals surface area contributed by atoms with Crippen molar-refractivity contribution in [3.05, 3.63) is 71.9 Å². The number of rotatable bonds is 4. The van der Waals surface area contributed by atoms with Crippen molar-refractivity contribution in [1.29, 1.82) is 0 Å². The lowest BCUT2D eigenvalue weighted by Crippen LogP contribution is -2.26. The standard InChI is InChI=1S/C19H15FN4O2/c1-24(11-17-22-15-8-7-13(20)9-16(15)23-17)19(25)14-10-21-26-18(14)12-5-3-2-4-6-12/h2-10H,11H2,1H3,(H,22,23). The zero-order chi connectivity index (χ0) is 18.1. The van der Waals surface area contributed by atoms with E-state index >= 15 is 0 Å². The van der Waals surface area contributed by atoms with Gasteiger partial charge >= 0.3 is 0 Å². The summed E-state index contributed by atoms with van der Waals surface area (Å²) < 4.78 is 18.6. The van der Waals surface area contributed by atoms with Crippen LogP contribution < -0.4 is 0 Å². The molecule has 4 aromatic rings. The summed E-state index contributed by atoms with van der Waals surface area (Å²) in [6.45, 7) is 0.245. The first-order valence-corrected chi connectivity index (χ1v) is 8.01. The number of hydrogen-bond donors (Lipinski definition) is 1. The third-order valence-electron chi connectivity index (χ3n) is 4.06. The van der Waals surface area contributed by atoms with Crippen LogP contribution in [-0.4, -0.2) is 33.0 Å². The largest absolute Gasteiger partial charge is 0.355 e. The first kappa shape index (κ1) is 16.0. The number of imidazole rings is 1. The van der Waals surface area contributed by atoms with Crippen LogP contribution in [0.3, 0.4) is 0 Å². The number of benzene rings is 2. The maximum absolute atomic E-state index is 13.3. The summed E-state index contributed by atoms with van der Waals surface area (Å²) in [6, 6.07) is 13.6. The van der Waals surface area contributed by atoms with Crippen LogP contribution in [-0.2, 0) is 6.54 Å². The highest BCUT2D eigenvalue weighted by atomic mass is 19.1. The quantitative estimate of drug-likeness (QED) is 0.610. The molecule has 0 aliphatic carbocycles. The van der Waals surface area contributed by atoms with E-state index in [1.165, 1.54) is 23.2 Å². The number of nitrogens with one attached hydrogen (secondary N) is 1. The number of carbonyl (C=O) groups excluding carboxylic acids is 1. The van der Waals surface area contributed by atoms with Gasteiger partial charge in [-0.15, -0.1) is 0 Å². The average molecular weight is 350 g/mol. The Kier molecular flexibility index (Phi) is 3.96. The number of halogens is 1. The van der Waals surface area contributed by atoms with Gasteiger partial charge in [0.2, 0.25) is 0 Å². The predicted molar refractivity (Wildman–Crippen MR) is 93.8 cm³/mol. The van der Waals surface area contributed by atoms with Crippen molar-refractivity contribution in [3.63, 3.8) is 0 Å². The Hall–Kier alpha value is -3.48. The first-order valence-electron chi connectivity index (χ1n) is 8.01. The van der Waals surface area contributed by atoms with E-state index in [2.05, 4.69) is 15.1 Å². The lowest BCUT2D eigenvalue weighted by atomic mass is 10.1. The number of fused-ring (bicyclic) bond motifs is 1. The monoisotopic (exact) mass is 350 g/mol. The first-order chi connectivity index (χ1) is 12.6. The molecule has 0 spiro atoms. The van der Waals surface area contributed by atoms with Gasteiger partial charge in [-0.3, -0.25) is 4.79 Å². The molecule has 2 heterocycles. The number of amides is 1. The van der Waals surface area contributed by atoms with Crippen molar-refractivity contribution in [1.82, 2.24) is 20.0 Å². The molecule has 2 aromatic heterocycles.